The summed E-state index contributed by atoms with van der Waals surface area (Å²) in [7, 11) is 1.81. The lowest BCUT2D eigenvalue weighted by atomic mass is 10.3. The number of nitrogens with zero attached hydrogens (tertiary/aromatic N) is 5. The number of halogens is 1. The first kappa shape index (κ1) is 17.6. The Morgan fingerprint density at radius 3 is 2.81 bits per heavy atom. The van der Waals surface area contributed by atoms with Crippen LogP contribution in [0.3, 0.4) is 0 Å². The first-order valence-electron chi connectivity index (χ1n) is 8.30. The fraction of sp³-hybridized carbons (Fsp3) is 0.158. The maximum atomic E-state index is 13.2. The molecule has 0 atom stereocenters. The van der Waals surface area contributed by atoms with Crippen molar-refractivity contribution in [3.05, 3.63) is 70.8 Å². The molecule has 1 aromatic carbocycles. The predicted octanol–water partition coefficient (Wildman–Crippen LogP) is 4.23. The van der Waals surface area contributed by atoms with E-state index in [0.717, 1.165) is 21.6 Å². The molecule has 0 radical (unpaired) electrons. The van der Waals surface area contributed by atoms with Gasteiger partial charge in [-0.25, -0.2) is 4.98 Å². The third-order valence-electron chi connectivity index (χ3n) is 4.19. The van der Waals surface area contributed by atoms with E-state index in [4.69, 9.17) is 11.6 Å². The SMILES string of the molecule is Cc1cc(C(=O)N(Cc2ccccn2)c2nc3ccc(Cl)cc3s2)nn1C. The number of hydrogen-bond donors (Lipinski definition) is 0. The second-order valence-corrected chi connectivity index (χ2v) is 7.56. The molecule has 0 aliphatic carbocycles. The molecule has 1 amide bonds. The van der Waals surface area contributed by atoms with Crippen LogP contribution in [-0.2, 0) is 13.6 Å². The van der Waals surface area contributed by atoms with Crippen molar-refractivity contribution < 1.29 is 4.79 Å². The zero-order valence-electron chi connectivity index (χ0n) is 14.8. The fourth-order valence-corrected chi connectivity index (χ4v) is 3.92. The van der Waals surface area contributed by atoms with Crippen molar-refractivity contribution in [2.45, 2.75) is 13.5 Å². The lowest BCUT2D eigenvalue weighted by Gasteiger charge is -2.18. The molecule has 0 unspecified atom stereocenters. The Hall–Kier alpha value is -2.77. The predicted molar refractivity (Wildman–Crippen MR) is 107 cm³/mol. The maximum absolute atomic E-state index is 13.2. The van der Waals surface area contributed by atoms with Gasteiger partial charge in [-0.15, -0.1) is 0 Å². The van der Waals surface area contributed by atoms with Gasteiger partial charge < -0.3 is 0 Å². The molecule has 0 aliphatic heterocycles. The van der Waals surface area contributed by atoms with Gasteiger partial charge in [0.25, 0.3) is 5.91 Å². The van der Waals surface area contributed by atoms with Gasteiger partial charge in [0.15, 0.2) is 10.8 Å². The number of fused-ring (bicyclic) bond motifs is 1. The van der Waals surface area contributed by atoms with E-state index < -0.39 is 0 Å². The van der Waals surface area contributed by atoms with Crippen molar-refractivity contribution in [3.8, 4) is 0 Å². The first-order valence-corrected chi connectivity index (χ1v) is 9.49. The monoisotopic (exact) mass is 397 g/mol. The van der Waals surface area contributed by atoms with Crippen molar-refractivity contribution in [3.63, 3.8) is 0 Å². The molecule has 0 saturated carbocycles. The Balaban J connectivity index is 1.77. The number of pyridine rings is 1. The highest BCUT2D eigenvalue weighted by Gasteiger charge is 2.24. The molecule has 3 heterocycles. The Labute approximate surface area is 165 Å². The molecule has 136 valence electrons. The molecule has 27 heavy (non-hydrogen) atoms. The normalized spacial score (nSPS) is 11.1. The van der Waals surface area contributed by atoms with Gasteiger partial charge in [-0.05, 0) is 43.3 Å². The standard InChI is InChI=1S/C19H16ClN5OS/c1-12-9-16(23-24(12)2)18(26)25(11-14-5-3-4-8-21-14)19-22-15-7-6-13(20)10-17(15)27-19/h3-10H,11H2,1-2H3. The minimum atomic E-state index is -0.213. The Morgan fingerprint density at radius 2 is 2.11 bits per heavy atom. The molecule has 3 aromatic heterocycles. The van der Waals surface area contributed by atoms with Crippen LogP contribution in [-0.4, -0.2) is 25.7 Å². The first-order chi connectivity index (χ1) is 13.0. The molecule has 0 N–H and O–H groups in total. The van der Waals surface area contributed by atoms with Crippen molar-refractivity contribution in [2.24, 2.45) is 7.05 Å². The van der Waals surface area contributed by atoms with E-state index in [0.29, 0.717) is 22.4 Å². The van der Waals surface area contributed by atoms with Gasteiger partial charge in [-0.2, -0.15) is 5.10 Å². The van der Waals surface area contributed by atoms with E-state index in [2.05, 4.69) is 15.1 Å². The molecule has 4 rings (SSSR count). The Kier molecular flexibility index (Phi) is 4.63. The summed E-state index contributed by atoms with van der Waals surface area (Å²) in [6.07, 6.45) is 1.71. The van der Waals surface area contributed by atoms with Crippen LogP contribution in [0.15, 0.2) is 48.7 Å². The van der Waals surface area contributed by atoms with Gasteiger partial charge in [-0.1, -0.05) is 29.0 Å². The van der Waals surface area contributed by atoms with Crippen LogP contribution in [0.25, 0.3) is 10.2 Å². The molecular formula is C19H16ClN5OS. The number of aromatic nitrogens is 4. The Morgan fingerprint density at radius 1 is 1.26 bits per heavy atom. The highest BCUT2D eigenvalue weighted by atomic mass is 35.5. The van der Waals surface area contributed by atoms with E-state index >= 15 is 0 Å². The second kappa shape index (κ2) is 7.09. The largest absolute Gasteiger partial charge is 0.280 e. The summed E-state index contributed by atoms with van der Waals surface area (Å²) >= 11 is 7.51. The molecule has 0 fully saturated rings. The number of hydrogen-bond acceptors (Lipinski definition) is 5. The smallest absolute Gasteiger partial charge is 0.276 e. The lowest BCUT2D eigenvalue weighted by molar-refractivity contribution is 0.0979. The second-order valence-electron chi connectivity index (χ2n) is 6.12. The average molecular weight is 398 g/mol. The van der Waals surface area contributed by atoms with E-state index in [1.807, 2.05) is 44.3 Å². The number of anilines is 1. The van der Waals surface area contributed by atoms with Gasteiger partial charge >= 0.3 is 0 Å². The Bertz CT molecular complexity index is 1100. The lowest BCUT2D eigenvalue weighted by Crippen LogP contribution is -2.31. The molecule has 0 saturated heterocycles. The van der Waals surface area contributed by atoms with Crippen LogP contribution >= 0.6 is 22.9 Å². The van der Waals surface area contributed by atoms with Crippen LogP contribution in [0.5, 0.6) is 0 Å². The van der Waals surface area contributed by atoms with Gasteiger partial charge in [0, 0.05) is 24.0 Å². The number of benzene rings is 1. The van der Waals surface area contributed by atoms with Crippen LogP contribution < -0.4 is 4.90 Å². The van der Waals surface area contributed by atoms with Gasteiger partial charge in [0.05, 0.1) is 22.5 Å². The summed E-state index contributed by atoms with van der Waals surface area (Å²) in [6.45, 7) is 2.22. The summed E-state index contributed by atoms with van der Waals surface area (Å²) in [6, 6.07) is 12.9. The number of aryl methyl sites for hydroxylation is 2. The molecule has 6 nitrogen and oxygen atoms in total. The summed E-state index contributed by atoms with van der Waals surface area (Å²) in [5.74, 6) is -0.213. The molecule has 0 bridgehead atoms. The molecule has 8 heteroatoms. The summed E-state index contributed by atoms with van der Waals surface area (Å²) in [4.78, 5) is 23.8. The summed E-state index contributed by atoms with van der Waals surface area (Å²) in [5, 5.41) is 5.56. The van der Waals surface area contributed by atoms with Crippen LogP contribution in [0.4, 0.5) is 5.13 Å². The molecular weight excluding hydrogens is 382 g/mol. The van der Waals surface area contributed by atoms with E-state index in [9.17, 15) is 4.79 Å². The van der Waals surface area contributed by atoms with Crippen molar-refractivity contribution >= 4 is 44.2 Å². The minimum Gasteiger partial charge on any atom is -0.276 e. The van der Waals surface area contributed by atoms with Crippen molar-refractivity contribution in [1.29, 1.82) is 0 Å². The molecule has 0 spiro atoms. The zero-order valence-corrected chi connectivity index (χ0v) is 16.3. The molecule has 4 aromatic rings. The number of amides is 1. The quantitative estimate of drug-likeness (QED) is 0.516. The topological polar surface area (TPSA) is 63.9 Å². The highest BCUT2D eigenvalue weighted by Crippen LogP contribution is 2.32. The van der Waals surface area contributed by atoms with Gasteiger partial charge in [0.2, 0.25) is 0 Å². The number of carbonyl (C=O) groups is 1. The summed E-state index contributed by atoms with van der Waals surface area (Å²) < 4.78 is 2.61. The maximum Gasteiger partial charge on any atom is 0.280 e. The number of rotatable bonds is 4. The number of thiazole rings is 1. The third kappa shape index (κ3) is 3.56. The van der Waals surface area contributed by atoms with E-state index in [-0.39, 0.29) is 5.91 Å². The average Bonchev–Trinajstić information content (AvgIpc) is 3.23. The fourth-order valence-electron chi connectivity index (χ4n) is 2.69. The summed E-state index contributed by atoms with van der Waals surface area (Å²) in [5.41, 5.74) is 2.86. The molecule has 0 aliphatic rings. The zero-order chi connectivity index (χ0) is 19.0. The van der Waals surface area contributed by atoms with Gasteiger partial charge in [0.1, 0.15) is 0 Å². The van der Waals surface area contributed by atoms with Crippen LogP contribution in [0.2, 0.25) is 5.02 Å². The van der Waals surface area contributed by atoms with E-state index in [1.165, 1.54) is 11.3 Å². The third-order valence-corrected chi connectivity index (χ3v) is 5.47. The highest BCUT2D eigenvalue weighted by molar-refractivity contribution is 7.22. The van der Waals surface area contributed by atoms with Gasteiger partial charge in [-0.3, -0.25) is 19.4 Å². The van der Waals surface area contributed by atoms with Crippen LogP contribution in [0, 0.1) is 6.92 Å². The number of carbonyl (C=O) groups excluding carboxylic acids is 1. The van der Waals surface area contributed by atoms with Crippen LogP contribution in [0.1, 0.15) is 21.9 Å². The minimum absolute atomic E-state index is 0.213. The van der Waals surface area contributed by atoms with Crippen molar-refractivity contribution in [1.82, 2.24) is 19.7 Å². The van der Waals surface area contributed by atoms with E-state index in [1.54, 1.807) is 27.9 Å². The van der Waals surface area contributed by atoms with Crippen molar-refractivity contribution in [2.75, 3.05) is 4.90 Å².